The molecule has 0 bridgehead atoms. The molecule has 2 N–H and O–H groups in total. The van der Waals surface area contributed by atoms with Crippen LogP contribution in [0.3, 0.4) is 0 Å². The van der Waals surface area contributed by atoms with Gasteiger partial charge >= 0.3 is 6.01 Å². The standard InChI is InChI=1S/C13H25N5O3/c1-5-18(9-11(19)15-10(2)3)13-17-16-12(21-13)8-14-6-7-20-4/h10,14H,5-9H2,1-4H3,(H,15,19). The Hall–Kier alpha value is -1.67. The molecular formula is C13H25N5O3. The molecule has 120 valence electrons. The van der Waals surface area contributed by atoms with E-state index < -0.39 is 0 Å². The second-order valence-corrected chi connectivity index (χ2v) is 4.88. The highest BCUT2D eigenvalue weighted by Gasteiger charge is 2.16. The topological polar surface area (TPSA) is 92.5 Å². The average Bonchev–Trinajstić information content (AvgIpc) is 2.89. The first-order valence-electron chi connectivity index (χ1n) is 7.13. The zero-order valence-corrected chi connectivity index (χ0v) is 13.2. The Bertz CT molecular complexity index is 422. The van der Waals surface area contributed by atoms with Gasteiger partial charge in [0, 0.05) is 26.2 Å². The molecule has 1 amide bonds. The van der Waals surface area contributed by atoms with Gasteiger partial charge in [0.05, 0.1) is 13.2 Å². The van der Waals surface area contributed by atoms with Crippen molar-refractivity contribution in [3.05, 3.63) is 5.89 Å². The zero-order chi connectivity index (χ0) is 15.7. The fourth-order valence-corrected chi connectivity index (χ4v) is 1.67. The Kier molecular flexibility index (Phi) is 7.70. The maximum Gasteiger partial charge on any atom is 0.318 e. The number of nitrogens with one attached hydrogen (secondary N) is 2. The van der Waals surface area contributed by atoms with Crippen molar-refractivity contribution in [3.8, 4) is 0 Å². The molecule has 8 nitrogen and oxygen atoms in total. The van der Waals surface area contributed by atoms with Crippen molar-refractivity contribution in [2.75, 3.05) is 38.3 Å². The van der Waals surface area contributed by atoms with Crippen molar-refractivity contribution in [2.24, 2.45) is 0 Å². The van der Waals surface area contributed by atoms with Crippen LogP contribution in [-0.4, -0.2) is 55.5 Å². The molecule has 0 aliphatic heterocycles. The van der Waals surface area contributed by atoms with E-state index in [4.69, 9.17) is 9.15 Å². The normalized spacial score (nSPS) is 10.9. The lowest BCUT2D eigenvalue weighted by Crippen LogP contribution is -2.40. The second-order valence-electron chi connectivity index (χ2n) is 4.88. The van der Waals surface area contributed by atoms with Crippen LogP contribution >= 0.6 is 0 Å². The maximum absolute atomic E-state index is 11.8. The number of rotatable bonds is 10. The van der Waals surface area contributed by atoms with Gasteiger partial charge in [-0.25, -0.2) is 0 Å². The van der Waals surface area contributed by atoms with E-state index in [0.29, 0.717) is 38.1 Å². The first-order chi connectivity index (χ1) is 10.1. The summed E-state index contributed by atoms with van der Waals surface area (Å²) in [5.74, 6) is 0.425. The summed E-state index contributed by atoms with van der Waals surface area (Å²) in [4.78, 5) is 13.5. The van der Waals surface area contributed by atoms with E-state index in [9.17, 15) is 4.79 Å². The molecule has 0 aliphatic rings. The molecule has 0 radical (unpaired) electrons. The molecule has 21 heavy (non-hydrogen) atoms. The number of ether oxygens (including phenoxy) is 1. The summed E-state index contributed by atoms with van der Waals surface area (Å²) in [6.45, 7) is 8.41. The van der Waals surface area contributed by atoms with Crippen molar-refractivity contribution >= 4 is 11.9 Å². The minimum atomic E-state index is -0.0650. The highest BCUT2D eigenvalue weighted by Crippen LogP contribution is 2.11. The third-order valence-electron chi connectivity index (χ3n) is 2.65. The SMILES string of the molecule is CCN(CC(=O)NC(C)C)c1nnc(CNCCOC)o1. The number of methoxy groups -OCH3 is 1. The molecule has 1 aromatic rings. The van der Waals surface area contributed by atoms with Crippen LogP contribution in [-0.2, 0) is 16.1 Å². The van der Waals surface area contributed by atoms with Crippen LogP contribution in [0.15, 0.2) is 4.42 Å². The number of likely N-dealkylation sites (N-methyl/N-ethyl adjacent to an activating group) is 1. The Labute approximate surface area is 125 Å². The second kappa shape index (κ2) is 9.30. The van der Waals surface area contributed by atoms with Gasteiger partial charge in [0.1, 0.15) is 6.54 Å². The van der Waals surface area contributed by atoms with E-state index in [1.54, 1.807) is 12.0 Å². The van der Waals surface area contributed by atoms with Gasteiger partial charge in [0.25, 0.3) is 0 Å². The van der Waals surface area contributed by atoms with E-state index in [1.807, 2.05) is 20.8 Å². The Morgan fingerprint density at radius 2 is 2.19 bits per heavy atom. The van der Waals surface area contributed by atoms with Crippen LogP contribution in [0, 0.1) is 0 Å². The number of carbonyl (C=O) groups is 1. The predicted molar refractivity (Wildman–Crippen MR) is 79.0 cm³/mol. The fourth-order valence-electron chi connectivity index (χ4n) is 1.67. The van der Waals surface area contributed by atoms with E-state index in [-0.39, 0.29) is 18.5 Å². The van der Waals surface area contributed by atoms with Crippen molar-refractivity contribution < 1.29 is 13.9 Å². The summed E-state index contributed by atoms with van der Waals surface area (Å²) in [6.07, 6.45) is 0. The molecule has 1 heterocycles. The quantitative estimate of drug-likeness (QED) is 0.594. The van der Waals surface area contributed by atoms with Crippen molar-refractivity contribution in [2.45, 2.75) is 33.4 Å². The highest BCUT2D eigenvalue weighted by atomic mass is 16.5. The summed E-state index contributed by atoms with van der Waals surface area (Å²) < 4.78 is 10.5. The predicted octanol–water partition coefficient (Wildman–Crippen LogP) is 0.157. The lowest BCUT2D eigenvalue weighted by molar-refractivity contribution is -0.120. The molecule has 0 aliphatic carbocycles. The van der Waals surface area contributed by atoms with Gasteiger partial charge in [-0.3, -0.25) is 4.79 Å². The fraction of sp³-hybridized carbons (Fsp3) is 0.769. The lowest BCUT2D eigenvalue weighted by Gasteiger charge is -2.18. The van der Waals surface area contributed by atoms with E-state index in [1.165, 1.54) is 0 Å². The van der Waals surface area contributed by atoms with Crippen LogP contribution in [0.5, 0.6) is 0 Å². The van der Waals surface area contributed by atoms with E-state index in [0.717, 1.165) is 0 Å². The number of nitrogens with zero attached hydrogens (tertiary/aromatic N) is 3. The smallest absolute Gasteiger partial charge is 0.318 e. The molecule has 8 heteroatoms. The summed E-state index contributed by atoms with van der Waals surface area (Å²) in [6, 6.07) is 0.472. The van der Waals surface area contributed by atoms with E-state index >= 15 is 0 Å². The number of carbonyl (C=O) groups excluding carboxylic acids is 1. The molecule has 0 unspecified atom stereocenters. The summed E-state index contributed by atoms with van der Waals surface area (Å²) in [5, 5.41) is 13.9. The van der Waals surface area contributed by atoms with Crippen LogP contribution in [0.4, 0.5) is 6.01 Å². The summed E-state index contributed by atoms with van der Waals surface area (Å²) in [7, 11) is 1.65. The zero-order valence-electron chi connectivity index (χ0n) is 13.2. The van der Waals surface area contributed by atoms with E-state index in [2.05, 4.69) is 20.8 Å². The number of hydrogen-bond acceptors (Lipinski definition) is 7. The van der Waals surface area contributed by atoms with Gasteiger partial charge in [0.2, 0.25) is 11.8 Å². The van der Waals surface area contributed by atoms with Crippen LogP contribution in [0.1, 0.15) is 26.7 Å². The number of amides is 1. The minimum Gasteiger partial charge on any atom is -0.407 e. The van der Waals surface area contributed by atoms with Crippen LogP contribution < -0.4 is 15.5 Å². The Balaban J connectivity index is 2.49. The van der Waals surface area contributed by atoms with Crippen molar-refractivity contribution in [3.63, 3.8) is 0 Å². The molecule has 0 saturated heterocycles. The number of hydrogen-bond donors (Lipinski definition) is 2. The van der Waals surface area contributed by atoms with Gasteiger partial charge in [-0.2, -0.15) is 0 Å². The Morgan fingerprint density at radius 3 is 2.81 bits per heavy atom. The molecular weight excluding hydrogens is 274 g/mol. The molecule has 0 saturated carbocycles. The van der Waals surface area contributed by atoms with Crippen molar-refractivity contribution in [1.82, 2.24) is 20.8 Å². The molecule has 0 fully saturated rings. The molecule has 0 aromatic carbocycles. The monoisotopic (exact) mass is 299 g/mol. The first kappa shape index (κ1) is 17.4. The van der Waals surface area contributed by atoms with Crippen LogP contribution in [0.2, 0.25) is 0 Å². The molecule has 1 rings (SSSR count). The van der Waals surface area contributed by atoms with Gasteiger partial charge < -0.3 is 24.7 Å². The highest BCUT2D eigenvalue weighted by molar-refractivity contribution is 5.80. The van der Waals surface area contributed by atoms with Gasteiger partial charge in [0.15, 0.2) is 0 Å². The van der Waals surface area contributed by atoms with Crippen molar-refractivity contribution in [1.29, 1.82) is 0 Å². The van der Waals surface area contributed by atoms with Crippen LogP contribution in [0.25, 0.3) is 0 Å². The third kappa shape index (κ3) is 6.54. The largest absolute Gasteiger partial charge is 0.407 e. The molecule has 0 spiro atoms. The van der Waals surface area contributed by atoms with Gasteiger partial charge in [-0.1, -0.05) is 5.10 Å². The first-order valence-corrected chi connectivity index (χ1v) is 7.13. The molecule has 0 atom stereocenters. The average molecular weight is 299 g/mol. The van der Waals surface area contributed by atoms with Gasteiger partial charge in [-0.05, 0) is 20.8 Å². The summed E-state index contributed by atoms with van der Waals surface area (Å²) in [5.41, 5.74) is 0. The minimum absolute atomic E-state index is 0.0650. The number of aromatic nitrogens is 2. The Morgan fingerprint density at radius 1 is 1.43 bits per heavy atom. The number of anilines is 1. The van der Waals surface area contributed by atoms with Gasteiger partial charge in [-0.15, -0.1) is 5.10 Å². The maximum atomic E-state index is 11.8. The molecule has 1 aromatic heterocycles. The summed E-state index contributed by atoms with van der Waals surface area (Å²) >= 11 is 0. The third-order valence-corrected chi connectivity index (χ3v) is 2.65. The lowest BCUT2D eigenvalue weighted by atomic mass is 10.4.